The maximum absolute atomic E-state index is 9.28. The van der Waals surface area contributed by atoms with Crippen molar-refractivity contribution in [2.75, 3.05) is 0 Å². The van der Waals surface area contributed by atoms with Crippen molar-refractivity contribution in [2.45, 2.75) is 6.92 Å². The number of benzene rings is 10. The summed E-state index contributed by atoms with van der Waals surface area (Å²) < 4.78 is 4.68. The van der Waals surface area contributed by atoms with Crippen LogP contribution < -0.4 is 0 Å². The zero-order valence-electron chi connectivity index (χ0n) is 48.5. The van der Waals surface area contributed by atoms with E-state index in [0.717, 1.165) is 161 Å². The molecule has 0 fully saturated rings. The lowest BCUT2D eigenvalue weighted by molar-refractivity contribution is 1.15. The highest BCUT2D eigenvalue weighted by Crippen LogP contribution is 2.47. The standard InChI is InChI=1S/C82H53N7/c1-53-21-15-16-30-62(53)71-51-78(89-75-41-37-60(65-33-19-45-86-81(65)56-26-11-5-12-27-56)49-69(75)70-50-61(38-42-76(70)89)66-34-20-46-87-82(66)57-28-13-6-14-29-57)72(83-2)52-77(71)88-73-39-35-58(63-31-17-43-84-79(63)54-22-7-3-8-23-54)47-67(73)68-48-59(36-40-74(68)88)64-32-18-44-85-80(64)55-24-9-4-10-25-55/h3-52H,1H3. The molecule has 7 heteroatoms. The molecule has 89 heavy (non-hydrogen) atoms. The first kappa shape index (κ1) is 52.4. The summed E-state index contributed by atoms with van der Waals surface area (Å²) in [5, 5.41) is 4.23. The molecule has 0 spiro atoms. The van der Waals surface area contributed by atoms with E-state index in [0.29, 0.717) is 5.69 Å². The largest absolute Gasteiger partial charge is 0.319 e. The van der Waals surface area contributed by atoms with Gasteiger partial charge < -0.3 is 9.13 Å². The molecule has 6 heterocycles. The summed E-state index contributed by atoms with van der Waals surface area (Å²) in [6.45, 7) is 11.5. The second-order valence-corrected chi connectivity index (χ2v) is 22.4. The van der Waals surface area contributed by atoms with Crippen molar-refractivity contribution in [3.63, 3.8) is 0 Å². The summed E-state index contributed by atoms with van der Waals surface area (Å²) in [4.78, 5) is 24.4. The zero-order chi connectivity index (χ0) is 59.4. The molecule has 7 nitrogen and oxygen atoms in total. The highest BCUT2D eigenvalue weighted by atomic mass is 15.0. The second kappa shape index (κ2) is 22.1. The van der Waals surface area contributed by atoms with Crippen LogP contribution in [0.1, 0.15) is 5.56 Å². The predicted molar refractivity (Wildman–Crippen MR) is 366 cm³/mol. The van der Waals surface area contributed by atoms with Crippen LogP contribution in [0.5, 0.6) is 0 Å². The summed E-state index contributed by atoms with van der Waals surface area (Å²) in [6, 6.07) is 98.3. The molecule has 16 rings (SSSR count). The van der Waals surface area contributed by atoms with Gasteiger partial charge >= 0.3 is 0 Å². The molecule has 16 aromatic rings. The van der Waals surface area contributed by atoms with Gasteiger partial charge in [-0.3, -0.25) is 19.9 Å². The maximum atomic E-state index is 9.28. The summed E-state index contributed by atoms with van der Waals surface area (Å²) in [6.07, 6.45) is 7.47. The summed E-state index contributed by atoms with van der Waals surface area (Å²) >= 11 is 0. The van der Waals surface area contributed by atoms with Gasteiger partial charge in [-0.05, 0) is 125 Å². The number of aryl methyl sites for hydroxylation is 1. The fourth-order valence-electron chi connectivity index (χ4n) is 13.2. The third kappa shape index (κ3) is 9.14. The van der Waals surface area contributed by atoms with Crippen molar-refractivity contribution >= 4 is 49.3 Å². The Kier molecular flexibility index (Phi) is 13.0. The van der Waals surface area contributed by atoms with Crippen LogP contribution in [0.15, 0.2) is 304 Å². The molecule has 0 amide bonds. The van der Waals surface area contributed by atoms with Gasteiger partial charge in [0, 0.05) is 102 Å². The topological polar surface area (TPSA) is 65.8 Å². The fourth-order valence-corrected chi connectivity index (χ4v) is 13.2. The molecule has 10 aromatic carbocycles. The van der Waals surface area contributed by atoms with Crippen molar-refractivity contribution in [3.05, 3.63) is 321 Å². The summed E-state index contributed by atoms with van der Waals surface area (Å²) in [5.74, 6) is 0. The molecular formula is C82H53N7. The molecule has 0 aliphatic heterocycles. The van der Waals surface area contributed by atoms with Gasteiger partial charge in [0.15, 0.2) is 0 Å². The van der Waals surface area contributed by atoms with Crippen molar-refractivity contribution in [2.24, 2.45) is 0 Å². The third-order valence-electron chi connectivity index (χ3n) is 17.3. The van der Waals surface area contributed by atoms with Gasteiger partial charge in [0.25, 0.3) is 0 Å². The molecule has 0 saturated heterocycles. The van der Waals surface area contributed by atoms with Crippen LogP contribution in [-0.2, 0) is 0 Å². The first-order chi connectivity index (χ1) is 44.0. The first-order valence-electron chi connectivity index (χ1n) is 29.9. The fraction of sp³-hybridized carbons (Fsp3) is 0.0122. The third-order valence-corrected chi connectivity index (χ3v) is 17.3. The highest BCUT2D eigenvalue weighted by molar-refractivity contribution is 6.15. The van der Waals surface area contributed by atoms with Gasteiger partial charge in [-0.2, -0.15) is 0 Å². The summed E-state index contributed by atoms with van der Waals surface area (Å²) in [7, 11) is 0. The van der Waals surface area contributed by atoms with Crippen molar-refractivity contribution < 1.29 is 0 Å². The van der Waals surface area contributed by atoms with Crippen LogP contribution >= 0.6 is 0 Å². The van der Waals surface area contributed by atoms with E-state index in [-0.39, 0.29) is 0 Å². The quantitative estimate of drug-likeness (QED) is 0.121. The minimum Gasteiger partial charge on any atom is -0.319 e. The predicted octanol–water partition coefficient (Wildman–Crippen LogP) is 21.3. The molecule has 0 saturated carbocycles. The number of hydrogen-bond donors (Lipinski definition) is 0. The lowest BCUT2D eigenvalue weighted by Crippen LogP contribution is -2.02. The average Bonchev–Trinajstić information content (AvgIpc) is 1.71. The van der Waals surface area contributed by atoms with Crippen LogP contribution in [0, 0.1) is 13.5 Å². The Balaban J connectivity index is 0.957. The Morgan fingerprint density at radius 1 is 0.270 bits per heavy atom. The van der Waals surface area contributed by atoms with Crippen LogP contribution in [0.25, 0.3) is 160 Å². The van der Waals surface area contributed by atoms with Crippen LogP contribution in [0.2, 0.25) is 0 Å². The maximum Gasteiger partial charge on any atom is 0.212 e. The Labute approximate surface area is 515 Å². The normalized spacial score (nSPS) is 11.4. The molecule has 416 valence electrons. The van der Waals surface area contributed by atoms with Gasteiger partial charge in [-0.1, -0.05) is 194 Å². The van der Waals surface area contributed by atoms with E-state index in [2.05, 4.69) is 251 Å². The van der Waals surface area contributed by atoms with Crippen molar-refractivity contribution in [1.82, 2.24) is 29.1 Å². The summed E-state index contributed by atoms with van der Waals surface area (Å²) in [5.41, 5.74) is 25.5. The Morgan fingerprint density at radius 2 is 0.573 bits per heavy atom. The molecule has 6 aromatic heterocycles. The minimum atomic E-state index is 0.510. The van der Waals surface area contributed by atoms with Gasteiger partial charge in [-0.25, -0.2) is 4.85 Å². The Morgan fingerprint density at radius 3 is 0.899 bits per heavy atom. The molecule has 0 atom stereocenters. The Bertz CT molecular complexity index is 5170. The molecule has 0 radical (unpaired) electrons. The van der Waals surface area contributed by atoms with E-state index in [4.69, 9.17) is 19.9 Å². The van der Waals surface area contributed by atoms with Gasteiger partial charge in [-0.15, -0.1) is 0 Å². The monoisotopic (exact) mass is 1140 g/mol. The molecule has 0 unspecified atom stereocenters. The minimum absolute atomic E-state index is 0.510. The van der Waals surface area contributed by atoms with Gasteiger partial charge in [0.05, 0.1) is 57.1 Å². The second-order valence-electron chi connectivity index (χ2n) is 22.4. The van der Waals surface area contributed by atoms with E-state index in [1.54, 1.807) is 0 Å². The molecule has 0 bridgehead atoms. The SMILES string of the molecule is [C-]#[N+]c1cc(-n2c3ccc(-c4cccnc4-c4ccccc4)cc3c3cc(-c4cccnc4-c4ccccc4)ccc32)c(-c2ccccc2C)cc1-n1c2ccc(-c3cccnc3-c3ccccc3)cc2c2cc(-c3cccnc3-c3ccccc3)ccc21. The van der Waals surface area contributed by atoms with Crippen LogP contribution in [-0.4, -0.2) is 29.1 Å². The van der Waals surface area contributed by atoms with Crippen LogP contribution in [0.4, 0.5) is 5.69 Å². The average molecular weight is 1140 g/mol. The van der Waals surface area contributed by atoms with E-state index >= 15 is 0 Å². The lowest BCUT2D eigenvalue weighted by atomic mass is 9.96. The lowest BCUT2D eigenvalue weighted by Gasteiger charge is -2.20. The first-order valence-corrected chi connectivity index (χ1v) is 29.9. The number of rotatable bonds is 11. The van der Waals surface area contributed by atoms with E-state index in [1.807, 2.05) is 73.3 Å². The zero-order valence-corrected chi connectivity index (χ0v) is 48.5. The number of hydrogen-bond acceptors (Lipinski definition) is 4. The molecule has 0 aliphatic rings. The van der Waals surface area contributed by atoms with E-state index < -0.39 is 0 Å². The van der Waals surface area contributed by atoms with E-state index in [9.17, 15) is 6.57 Å². The number of nitrogens with zero attached hydrogens (tertiary/aromatic N) is 7. The van der Waals surface area contributed by atoms with Crippen molar-refractivity contribution in [3.8, 4) is 112 Å². The smallest absolute Gasteiger partial charge is 0.212 e. The number of pyridine rings is 4. The highest BCUT2D eigenvalue weighted by Gasteiger charge is 2.25. The number of aromatic nitrogens is 6. The van der Waals surface area contributed by atoms with Gasteiger partial charge in [0.1, 0.15) is 0 Å². The Hall–Kier alpha value is -12.1. The molecule has 0 N–H and O–H groups in total. The van der Waals surface area contributed by atoms with Crippen LogP contribution in [0.3, 0.4) is 0 Å². The molecule has 0 aliphatic carbocycles. The van der Waals surface area contributed by atoms with Crippen molar-refractivity contribution in [1.29, 1.82) is 0 Å². The molecular weight excluding hydrogens is 1080 g/mol. The van der Waals surface area contributed by atoms with Gasteiger partial charge in [0.2, 0.25) is 5.69 Å². The van der Waals surface area contributed by atoms with E-state index in [1.165, 1.54) is 0 Å². The number of fused-ring (bicyclic) bond motifs is 6.